The van der Waals surface area contributed by atoms with Gasteiger partial charge in [0.25, 0.3) is 5.91 Å². The van der Waals surface area contributed by atoms with Crippen LogP contribution in [0.5, 0.6) is 0 Å². The Balaban J connectivity index is 1.79. The molecule has 27 heavy (non-hydrogen) atoms. The quantitative estimate of drug-likeness (QED) is 0.577. The molecule has 5 nitrogen and oxygen atoms in total. The Morgan fingerprint density at radius 3 is 2.96 bits per heavy atom. The van der Waals surface area contributed by atoms with Crippen molar-refractivity contribution in [2.75, 3.05) is 12.3 Å². The molecule has 1 aromatic carbocycles. The van der Waals surface area contributed by atoms with Gasteiger partial charge in [0.05, 0.1) is 22.3 Å². The average Bonchev–Trinajstić information content (AvgIpc) is 3.11. The Morgan fingerprint density at radius 2 is 2.07 bits per heavy atom. The highest BCUT2D eigenvalue weighted by molar-refractivity contribution is 7.99. The van der Waals surface area contributed by atoms with Gasteiger partial charge >= 0.3 is 0 Å². The predicted octanol–water partition coefficient (Wildman–Crippen LogP) is 4.20. The molecule has 5 rings (SSSR count). The van der Waals surface area contributed by atoms with Gasteiger partial charge in [-0.25, -0.2) is 9.97 Å². The predicted molar refractivity (Wildman–Crippen MR) is 108 cm³/mol. The van der Waals surface area contributed by atoms with Crippen LogP contribution in [0.1, 0.15) is 41.0 Å². The fraction of sp³-hybridized carbons (Fsp3) is 0.286. The molecular weight excluding hydrogens is 356 g/mol. The molecule has 1 unspecified atom stereocenters. The van der Waals surface area contributed by atoms with Crippen LogP contribution < -0.4 is 5.32 Å². The van der Waals surface area contributed by atoms with E-state index in [1.807, 2.05) is 31.2 Å². The second-order valence-electron chi connectivity index (χ2n) is 7.28. The summed E-state index contributed by atoms with van der Waals surface area (Å²) in [4.78, 5) is 25.7. The third kappa shape index (κ3) is 2.75. The molecule has 6 heteroatoms. The van der Waals surface area contributed by atoms with Crippen molar-refractivity contribution < 1.29 is 4.79 Å². The van der Waals surface area contributed by atoms with Crippen molar-refractivity contribution in [1.82, 2.24) is 20.3 Å². The first-order valence-electron chi connectivity index (χ1n) is 9.17. The van der Waals surface area contributed by atoms with Crippen LogP contribution in [0.15, 0.2) is 40.9 Å². The number of benzene rings is 1. The first kappa shape index (κ1) is 16.6. The Bertz CT molecular complexity index is 1110. The number of hydrogen-bond donors (Lipinski definition) is 2. The van der Waals surface area contributed by atoms with E-state index in [4.69, 9.17) is 9.97 Å². The molecule has 0 radical (unpaired) electrons. The van der Waals surface area contributed by atoms with Crippen LogP contribution in [-0.2, 0) is 0 Å². The first-order chi connectivity index (χ1) is 13.1. The fourth-order valence-electron chi connectivity index (χ4n) is 3.83. The number of hydrogen-bond acceptors (Lipinski definition) is 4. The van der Waals surface area contributed by atoms with Crippen LogP contribution >= 0.6 is 11.8 Å². The second kappa shape index (κ2) is 6.23. The zero-order valence-corrected chi connectivity index (χ0v) is 16.1. The summed E-state index contributed by atoms with van der Waals surface area (Å²) in [5, 5.41) is 4.00. The maximum Gasteiger partial charge on any atom is 0.253 e. The summed E-state index contributed by atoms with van der Waals surface area (Å²) in [5.74, 6) is 1.15. The number of carbonyl (C=O) groups excluding carboxylic acids is 1. The van der Waals surface area contributed by atoms with Crippen molar-refractivity contribution in [2.24, 2.45) is 0 Å². The first-order valence-corrected chi connectivity index (χ1v) is 10.2. The van der Waals surface area contributed by atoms with Gasteiger partial charge in [0.15, 0.2) is 0 Å². The molecule has 2 aliphatic heterocycles. The number of rotatable bonds is 0. The van der Waals surface area contributed by atoms with Crippen molar-refractivity contribution in [1.29, 1.82) is 0 Å². The van der Waals surface area contributed by atoms with E-state index in [1.165, 1.54) is 5.57 Å². The molecule has 3 aromatic rings. The fourth-order valence-corrected chi connectivity index (χ4v) is 4.72. The molecule has 2 N–H and O–H groups in total. The third-order valence-electron chi connectivity index (χ3n) is 5.31. The van der Waals surface area contributed by atoms with Crippen LogP contribution in [0.2, 0.25) is 0 Å². The molecule has 0 saturated carbocycles. The average molecular weight is 376 g/mol. The second-order valence-corrected chi connectivity index (χ2v) is 8.24. The molecule has 2 aliphatic rings. The summed E-state index contributed by atoms with van der Waals surface area (Å²) in [6.07, 6.45) is 3.19. The lowest BCUT2D eigenvalue weighted by molar-refractivity contribution is 0.0940. The summed E-state index contributed by atoms with van der Waals surface area (Å²) in [7, 11) is 0. The standard InChI is InChI=1S/C21H20N4OS/c1-11-6-7-13-9-22-20(26)15-8-17(24-18(13)15)14-4-3-5-16-19(14)25-21(27-10-11)12(2)23-16/h3-6,8,13,24H,7,9-10H2,1-2H3,(H,22,26)/b11-6+. The minimum Gasteiger partial charge on any atom is -0.357 e. The van der Waals surface area contributed by atoms with Gasteiger partial charge in [-0.2, -0.15) is 0 Å². The topological polar surface area (TPSA) is 70.7 Å². The summed E-state index contributed by atoms with van der Waals surface area (Å²) in [6.45, 7) is 4.84. The molecular formula is C21H20N4OS. The highest BCUT2D eigenvalue weighted by atomic mass is 32.2. The number of para-hydroxylation sites is 1. The van der Waals surface area contributed by atoms with Gasteiger partial charge in [0, 0.05) is 35.2 Å². The Labute approximate surface area is 161 Å². The van der Waals surface area contributed by atoms with E-state index in [-0.39, 0.29) is 11.8 Å². The van der Waals surface area contributed by atoms with Gasteiger partial charge in [0.2, 0.25) is 0 Å². The van der Waals surface area contributed by atoms with E-state index < -0.39 is 0 Å². The zero-order valence-electron chi connectivity index (χ0n) is 15.3. The number of H-pyrrole nitrogens is 1. The zero-order chi connectivity index (χ0) is 18.5. The largest absolute Gasteiger partial charge is 0.357 e. The Kier molecular flexibility index (Phi) is 3.82. The lowest BCUT2D eigenvalue weighted by Crippen LogP contribution is -2.34. The molecule has 4 heterocycles. The smallest absolute Gasteiger partial charge is 0.253 e. The number of carbonyl (C=O) groups is 1. The third-order valence-corrected chi connectivity index (χ3v) is 6.57. The van der Waals surface area contributed by atoms with Crippen molar-refractivity contribution in [2.45, 2.75) is 31.2 Å². The van der Waals surface area contributed by atoms with Crippen molar-refractivity contribution in [3.8, 4) is 11.3 Å². The molecule has 2 aromatic heterocycles. The summed E-state index contributed by atoms with van der Waals surface area (Å²) >= 11 is 1.74. The van der Waals surface area contributed by atoms with Crippen LogP contribution in [0.3, 0.4) is 0 Å². The van der Waals surface area contributed by atoms with Crippen molar-refractivity contribution >= 4 is 28.7 Å². The number of thioether (sulfide) groups is 1. The molecule has 1 atom stereocenters. The van der Waals surface area contributed by atoms with Crippen LogP contribution in [0, 0.1) is 6.92 Å². The normalized spacial score (nSPS) is 21.0. The number of nitrogens with one attached hydrogen (secondary N) is 2. The summed E-state index contributed by atoms with van der Waals surface area (Å²) in [6, 6.07) is 8.01. The van der Waals surface area contributed by atoms with E-state index in [1.54, 1.807) is 11.8 Å². The van der Waals surface area contributed by atoms with E-state index in [9.17, 15) is 4.79 Å². The van der Waals surface area contributed by atoms with Crippen LogP contribution in [0.4, 0.5) is 0 Å². The molecule has 1 amide bonds. The van der Waals surface area contributed by atoms with Gasteiger partial charge in [-0.1, -0.05) is 23.8 Å². The van der Waals surface area contributed by atoms with Gasteiger partial charge in [-0.05, 0) is 32.4 Å². The molecule has 136 valence electrons. The van der Waals surface area contributed by atoms with Crippen molar-refractivity contribution in [3.63, 3.8) is 0 Å². The number of aromatic amines is 1. The molecule has 0 aliphatic carbocycles. The van der Waals surface area contributed by atoms with Crippen LogP contribution in [-0.4, -0.2) is 33.2 Å². The van der Waals surface area contributed by atoms with E-state index >= 15 is 0 Å². The number of aryl methyl sites for hydroxylation is 1. The number of fused-ring (bicyclic) bond motifs is 3. The molecule has 0 saturated heterocycles. The number of amides is 1. The lowest BCUT2D eigenvalue weighted by Gasteiger charge is -2.22. The number of allylic oxidation sites excluding steroid dienone is 1. The van der Waals surface area contributed by atoms with E-state index in [0.717, 1.165) is 56.4 Å². The Hall–Kier alpha value is -2.60. The lowest BCUT2D eigenvalue weighted by atomic mass is 9.93. The molecule has 0 spiro atoms. The number of aromatic nitrogens is 3. The maximum atomic E-state index is 12.4. The van der Waals surface area contributed by atoms with E-state index in [2.05, 4.69) is 23.3 Å². The highest BCUT2D eigenvalue weighted by Gasteiger charge is 2.28. The molecule has 0 fully saturated rings. The van der Waals surface area contributed by atoms with Gasteiger partial charge in [-0.15, -0.1) is 11.8 Å². The minimum atomic E-state index is -0.00467. The summed E-state index contributed by atoms with van der Waals surface area (Å²) < 4.78 is 0. The minimum absolute atomic E-state index is 0.00467. The van der Waals surface area contributed by atoms with E-state index in [0.29, 0.717) is 6.54 Å². The van der Waals surface area contributed by atoms with Crippen molar-refractivity contribution in [3.05, 3.63) is 52.9 Å². The van der Waals surface area contributed by atoms with Crippen LogP contribution in [0.25, 0.3) is 22.3 Å². The van der Waals surface area contributed by atoms with Gasteiger partial charge < -0.3 is 10.3 Å². The number of nitrogens with zero attached hydrogens (tertiary/aromatic N) is 2. The SMILES string of the molecule is C/C1=C\CC2CNC(=O)c3cc([nH]c32)-c2cccc3nc(C)c(nc23)SC1. The van der Waals surface area contributed by atoms with Gasteiger partial charge in [0.1, 0.15) is 5.03 Å². The molecule has 4 bridgehead atoms. The van der Waals surface area contributed by atoms with Gasteiger partial charge in [-0.3, -0.25) is 4.79 Å². The highest BCUT2D eigenvalue weighted by Crippen LogP contribution is 2.35. The Morgan fingerprint density at radius 1 is 1.19 bits per heavy atom. The maximum absolute atomic E-state index is 12.4. The summed E-state index contributed by atoms with van der Waals surface area (Å²) in [5.41, 5.74) is 7.73. The monoisotopic (exact) mass is 376 g/mol.